The molecule has 0 saturated heterocycles. The van der Waals surface area contributed by atoms with E-state index in [0.29, 0.717) is 5.41 Å². The van der Waals surface area contributed by atoms with Gasteiger partial charge in [-0.05, 0) is 37.3 Å². The molecule has 1 aliphatic carbocycles. The monoisotopic (exact) mass is 141 g/mol. The van der Waals surface area contributed by atoms with Crippen LogP contribution in [0.4, 0.5) is 0 Å². The summed E-state index contributed by atoms with van der Waals surface area (Å²) in [6.45, 7) is 8.25. The molecule has 1 fully saturated rings. The average Bonchev–Trinajstić information content (AvgIpc) is 2.41. The van der Waals surface area contributed by atoms with Gasteiger partial charge in [-0.25, -0.2) is 0 Å². The molecule has 0 aliphatic heterocycles. The Morgan fingerprint density at radius 3 is 2.40 bits per heavy atom. The van der Waals surface area contributed by atoms with Crippen molar-refractivity contribution in [2.75, 3.05) is 13.6 Å². The van der Waals surface area contributed by atoms with Gasteiger partial charge in [0, 0.05) is 0 Å². The van der Waals surface area contributed by atoms with Crippen molar-refractivity contribution in [3.63, 3.8) is 0 Å². The summed E-state index contributed by atoms with van der Waals surface area (Å²) in [6.07, 6.45) is 1.43. The Hall–Kier alpha value is -0.0400. The Labute approximate surface area is 64.2 Å². The first-order valence-electron chi connectivity index (χ1n) is 4.22. The average molecular weight is 141 g/mol. The van der Waals surface area contributed by atoms with Gasteiger partial charge in [-0.2, -0.15) is 0 Å². The molecule has 0 bridgehead atoms. The van der Waals surface area contributed by atoms with E-state index in [9.17, 15) is 0 Å². The predicted octanol–water partition coefficient (Wildman–Crippen LogP) is 1.89. The largest absolute Gasteiger partial charge is 0.319 e. The highest BCUT2D eigenvalue weighted by molar-refractivity contribution is 4.97. The molecule has 0 aromatic heterocycles. The fraction of sp³-hybridized carbons (Fsp3) is 1.00. The summed E-state index contributed by atoms with van der Waals surface area (Å²) < 4.78 is 0. The molecule has 2 unspecified atom stereocenters. The minimum atomic E-state index is 0.649. The molecule has 1 heteroatoms. The summed E-state index contributed by atoms with van der Waals surface area (Å²) in [5.74, 6) is 1.83. The van der Waals surface area contributed by atoms with Gasteiger partial charge >= 0.3 is 0 Å². The molecule has 0 spiro atoms. The molecule has 0 aromatic rings. The molecule has 0 heterocycles. The van der Waals surface area contributed by atoms with Crippen LogP contribution in [0.5, 0.6) is 0 Å². The number of nitrogens with one attached hydrogen (secondary N) is 1. The molecule has 1 N–H and O–H groups in total. The third kappa shape index (κ3) is 1.51. The van der Waals surface area contributed by atoms with Gasteiger partial charge in [-0.3, -0.25) is 0 Å². The van der Waals surface area contributed by atoms with Crippen molar-refractivity contribution in [2.24, 2.45) is 17.3 Å². The third-order valence-electron chi connectivity index (χ3n) is 2.80. The quantitative estimate of drug-likeness (QED) is 0.633. The molecule has 1 aliphatic rings. The second kappa shape index (κ2) is 2.54. The molecule has 60 valence electrons. The van der Waals surface area contributed by atoms with Crippen molar-refractivity contribution in [2.45, 2.75) is 27.2 Å². The van der Waals surface area contributed by atoms with Gasteiger partial charge in [-0.1, -0.05) is 20.8 Å². The van der Waals surface area contributed by atoms with Crippen molar-refractivity contribution >= 4 is 0 Å². The van der Waals surface area contributed by atoms with E-state index in [4.69, 9.17) is 0 Å². The number of hydrogen-bond donors (Lipinski definition) is 1. The van der Waals surface area contributed by atoms with E-state index in [1.54, 1.807) is 0 Å². The first-order chi connectivity index (χ1) is 4.58. The van der Waals surface area contributed by atoms with E-state index >= 15 is 0 Å². The summed E-state index contributed by atoms with van der Waals surface area (Å²) in [6, 6.07) is 0. The summed E-state index contributed by atoms with van der Waals surface area (Å²) >= 11 is 0. The molecule has 2 atom stereocenters. The molecule has 10 heavy (non-hydrogen) atoms. The maximum absolute atomic E-state index is 3.23. The van der Waals surface area contributed by atoms with Gasteiger partial charge in [0.15, 0.2) is 0 Å². The van der Waals surface area contributed by atoms with E-state index in [2.05, 4.69) is 26.1 Å². The lowest BCUT2D eigenvalue weighted by Gasteiger charge is -2.11. The molecular formula is C9H19N. The summed E-state index contributed by atoms with van der Waals surface area (Å²) in [5, 5.41) is 3.23. The van der Waals surface area contributed by atoms with Crippen molar-refractivity contribution in [1.29, 1.82) is 0 Å². The number of rotatable bonds is 3. The minimum absolute atomic E-state index is 0.649. The van der Waals surface area contributed by atoms with Crippen LogP contribution in [0.15, 0.2) is 0 Å². The molecule has 0 aromatic carbocycles. The topological polar surface area (TPSA) is 12.0 Å². The summed E-state index contributed by atoms with van der Waals surface area (Å²) in [4.78, 5) is 0. The standard InChI is InChI=1S/C9H19N/c1-7(6-10-4)8-5-9(8,2)3/h7-8,10H,5-6H2,1-4H3. The van der Waals surface area contributed by atoms with Crippen LogP contribution in [-0.4, -0.2) is 13.6 Å². The lowest BCUT2D eigenvalue weighted by atomic mass is 9.99. The van der Waals surface area contributed by atoms with Gasteiger partial charge < -0.3 is 5.32 Å². The van der Waals surface area contributed by atoms with E-state index < -0.39 is 0 Å². The minimum Gasteiger partial charge on any atom is -0.319 e. The molecular weight excluding hydrogens is 122 g/mol. The van der Waals surface area contributed by atoms with Crippen molar-refractivity contribution < 1.29 is 0 Å². The van der Waals surface area contributed by atoms with E-state index in [1.807, 2.05) is 7.05 Å². The lowest BCUT2D eigenvalue weighted by molar-refractivity contribution is 0.410. The van der Waals surface area contributed by atoms with E-state index in [-0.39, 0.29) is 0 Å². The van der Waals surface area contributed by atoms with Crippen molar-refractivity contribution in [3.8, 4) is 0 Å². The SMILES string of the molecule is CNCC(C)C1CC1(C)C. The summed E-state index contributed by atoms with van der Waals surface area (Å²) in [7, 11) is 2.03. The Morgan fingerprint density at radius 2 is 2.10 bits per heavy atom. The zero-order valence-electron chi connectivity index (χ0n) is 7.57. The fourth-order valence-electron chi connectivity index (χ4n) is 1.94. The van der Waals surface area contributed by atoms with Crippen LogP contribution in [0.1, 0.15) is 27.2 Å². The first kappa shape index (κ1) is 8.06. The molecule has 0 amide bonds. The second-order valence-electron chi connectivity index (χ2n) is 4.33. The molecule has 1 saturated carbocycles. The van der Waals surface area contributed by atoms with Gasteiger partial charge in [0.25, 0.3) is 0 Å². The van der Waals surface area contributed by atoms with Crippen LogP contribution in [0.25, 0.3) is 0 Å². The second-order valence-corrected chi connectivity index (χ2v) is 4.33. The first-order valence-corrected chi connectivity index (χ1v) is 4.22. The highest BCUT2D eigenvalue weighted by Crippen LogP contribution is 2.55. The Morgan fingerprint density at radius 1 is 1.60 bits per heavy atom. The number of hydrogen-bond acceptors (Lipinski definition) is 1. The fourth-order valence-corrected chi connectivity index (χ4v) is 1.94. The van der Waals surface area contributed by atoms with Crippen LogP contribution in [0.2, 0.25) is 0 Å². The van der Waals surface area contributed by atoms with Crippen LogP contribution < -0.4 is 5.32 Å². The van der Waals surface area contributed by atoms with Crippen molar-refractivity contribution in [1.82, 2.24) is 5.32 Å². The Balaban J connectivity index is 2.25. The Kier molecular flexibility index (Phi) is 2.04. The zero-order chi connectivity index (χ0) is 7.78. The van der Waals surface area contributed by atoms with Gasteiger partial charge in [-0.15, -0.1) is 0 Å². The van der Waals surface area contributed by atoms with E-state index in [0.717, 1.165) is 11.8 Å². The van der Waals surface area contributed by atoms with Gasteiger partial charge in [0.05, 0.1) is 0 Å². The van der Waals surface area contributed by atoms with Crippen LogP contribution in [0, 0.1) is 17.3 Å². The Bertz CT molecular complexity index is 118. The summed E-state index contributed by atoms with van der Waals surface area (Å²) in [5.41, 5.74) is 0.649. The van der Waals surface area contributed by atoms with Crippen LogP contribution in [-0.2, 0) is 0 Å². The van der Waals surface area contributed by atoms with Gasteiger partial charge in [0.1, 0.15) is 0 Å². The van der Waals surface area contributed by atoms with Crippen molar-refractivity contribution in [3.05, 3.63) is 0 Å². The third-order valence-corrected chi connectivity index (χ3v) is 2.80. The zero-order valence-corrected chi connectivity index (χ0v) is 7.57. The van der Waals surface area contributed by atoms with Crippen LogP contribution in [0.3, 0.4) is 0 Å². The maximum atomic E-state index is 3.23. The van der Waals surface area contributed by atoms with E-state index in [1.165, 1.54) is 13.0 Å². The molecule has 1 rings (SSSR count). The highest BCUT2D eigenvalue weighted by Gasteiger charge is 2.47. The van der Waals surface area contributed by atoms with Crippen LogP contribution >= 0.6 is 0 Å². The maximum Gasteiger partial charge on any atom is -0.00233 e. The molecule has 0 radical (unpaired) electrons. The predicted molar refractivity (Wildman–Crippen MR) is 45.0 cm³/mol. The smallest absolute Gasteiger partial charge is 0.00233 e. The van der Waals surface area contributed by atoms with Gasteiger partial charge in [0.2, 0.25) is 0 Å². The highest BCUT2D eigenvalue weighted by atomic mass is 14.8. The molecule has 1 nitrogen and oxygen atoms in total. The lowest BCUT2D eigenvalue weighted by Crippen LogP contribution is -2.19. The normalized spacial score (nSPS) is 31.8.